The third-order valence-electron chi connectivity index (χ3n) is 13.1. The minimum Gasteiger partial charge on any atom is -0.510 e. The molecule has 0 saturated heterocycles. The van der Waals surface area contributed by atoms with Crippen molar-refractivity contribution in [1.82, 2.24) is 23.3 Å². The fraction of sp³-hybridized carbons (Fsp3) is 0. The molecule has 0 bridgehead atoms. The van der Waals surface area contributed by atoms with E-state index in [1.54, 1.807) is 0 Å². The van der Waals surface area contributed by atoms with Crippen molar-refractivity contribution in [3.8, 4) is 40.1 Å². The van der Waals surface area contributed by atoms with E-state index in [0.717, 1.165) is 94.2 Å². The number of hydrogen-bond acceptors (Lipinski definition) is 2. The second-order valence-electron chi connectivity index (χ2n) is 16.8. The summed E-state index contributed by atoms with van der Waals surface area (Å²) >= 11 is 0. The van der Waals surface area contributed by atoms with Crippen LogP contribution in [0.25, 0.3) is 105 Å². The summed E-state index contributed by atoms with van der Waals surface area (Å²) in [6.45, 7) is 0. The van der Waals surface area contributed by atoms with E-state index in [2.05, 4.69) is 229 Å². The quantitative estimate of drug-likeness (QED) is 0.118. The van der Waals surface area contributed by atoms with Gasteiger partial charge < -0.3 is 23.0 Å². The van der Waals surface area contributed by atoms with E-state index >= 15 is 0 Å². The van der Waals surface area contributed by atoms with Crippen molar-refractivity contribution in [2.24, 2.45) is 0 Å². The molecule has 8 heteroatoms. The third kappa shape index (κ3) is 6.03. The van der Waals surface area contributed by atoms with E-state index in [4.69, 9.17) is 9.72 Å². The average Bonchev–Trinajstić information content (AvgIpc) is 4.14. The van der Waals surface area contributed by atoms with Crippen LogP contribution >= 0.6 is 0 Å². The number of rotatable bonds is 7. The van der Waals surface area contributed by atoms with Crippen LogP contribution in [0.1, 0.15) is 0 Å². The summed E-state index contributed by atoms with van der Waals surface area (Å²) in [6.07, 6.45) is 5.66. The van der Waals surface area contributed by atoms with Gasteiger partial charge in [-0.05, 0) is 65.7 Å². The number of pyridine rings is 1. The molecular formula is C60H36N6OPt-2. The van der Waals surface area contributed by atoms with E-state index in [-0.39, 0.29) is 21.1 Å². The van der Waals surface area contributed by atoms with Gasteiger partial charge in [-0.25, -0.2) is 4.98 Å². The zero-order valence-corrected chi connectivity index (χ0v) is 38.5. The van der Waals surface area contributed by atoms with Crippen LogP contribution < -0.4 is 9.30 Å². The van der Waals surface area contributed by atoms with Crippen LogP contribution in [-0.4, -0.2) is 23.3 Å². The summed E-state index contributed by atoms with van der Waals surface area (Å²) in [5.41, 5.74) is 12.4. The maximum absolute atomic E-state index is 6.73. The number of benzene rings is 9. The second-order valence-corrected chi connectivity index (χ2v) is 16.8. The normalized spacial score (nSPS) is 11.7. The van der Waals surface area contributed by atoms with Gasteiger partial charge in [0.1, 0.15) is 5.82 Å². The Morgan fingerprint density at radius 2 is 1.01 bits per heavy atom. The molecule has 0 aliphatic rings. The van der Waals surface area contributed by atoms with Crippen molar-refractivity contribution in [2.75, 3.05) is 0 Å². The van der Waals surface area contributed by atoms with Crippen molar-refractivity contribution in [3.63, 3.8) is 0 Å². The van der Waals surface area contributed by atoms with Crippen LogP contribution in [0.2, 0.25) is 0 Å². The first-order valence-corrected chi connectivity index (χ1v) is 22.4. The molecule has 0 saturated carbocycles. The average molecular weight is 1050 g/mol. The van der Waals surface area contributed by atoms with E-state index in [9.17, 15) is 0 Å². The third-order valence-corrected chi connectivity index (χ3v) is 13.1. The van der Waals surface area contributed by atoms with Gasteiger partial charge in [-0.1, -0.05) is 133 Å². The number of aromatic nitrogens is 6. The van der Waals surface area contributed by atoms with E-state index < -0.39 is 0 Å². The monoisotopic (exact) mass is 1050 g/mol. The Bertz CT molecular complexity index is 4260. The molecule has 9 aromatic carbocycles. The standard InChI is InChI=1S/C60H36N6O.Pt/c1-3-17-40(18-4-1)64-52-29-12-9-25-49(52)58-55(64)35-36-61-60(58)66-51-28-11-7-23-45(51)47-34-33-44(38-57(47)66)67-43-22-15-21-42(37-43)62-39-63(54-31-14-13-30-53(54)62)56-32-16-26-48-46-24-8-10-27-50(46)65(59(48)56)41-19-5-2-6-20-41;/h1-36H;/q-2;. The Kier molecular flexibility index (Phi) is 9.27. The predicted octanol–water partition coefficient (Wildman–Crippen LogP) is 13.8. The molecule has 7 nitrogen and oxygen atoms in total. The summed E-state index contributed by atoms with van der Waals surface area (Å²) in [5, 5.41) is 6.74. The first-order valence-electron chi connectivity index (χ1n) is 22.4. The minimum atomic E-state index is 0. The van der Waals surface area contributed by atoms with Crippen LogP contribution in [0.4, 0.5) is 0 Å². The molecule has 0 aliphatic carbocycles. The molecule has 0 fully saturated rings. The van der Waals surface area contributed by atoms with Gasteiger partial charge in [-0.15, -0.1) is 29.7 Å². The van der Waals surface area contributed by atoms with Gasteiger partial charge in [0.2, 0.25) is 0 Å². The maximum atomic E-state index is 6.73. The molecule has 0 radical (unpaired) electrons. The van der Waals surface area contributed by atoms with Crippen LogP contribution in [0.5, 0.6) is 11.5 Å². The maximum Gasteiger partial charge on any atom is 0.268 e. The van der Waals surface area contributed by atoms with Crippen LogP contribution in [-0.2, 0) is 21.1 Å². The molecule has 14 rings (SSSR count). The fourth-order valence-corrected chi connectivity index (χ4v) is 10.3. The van der Waals surface area contributed by atoms with E-state index in [0.29, 0.717) is 11.5 Å². The summed E-state index contributed by atoms with van der Waals surface area (Å²) in [7, 11) is 0. The largest absolute Gasteiger partial charge is 0.510 e. The zero-order valence-electron chi connectivity index (χ0n) is 36.2. The summed E-state index contributed by atoms with van der Waals surface area (Å²) < 4.78 is 17.9. The molecule has 0 N–H and O–H groups in total. The Morgan fingerprint density at radius 1 is 0.426 bits per heavy atom. The molecule has 0 amide bonds. The molecule has 68 heavy (non-hydrogen) atoms. The van der Waals surface area contributed by atoms with Crippen LogP contribution in [0.3, 0.4) is 0 Å². The molecular weight excluding hydrogens is 1020 g/mol. The SMILES string of the molecule is [Pt].[c-]1c(Oc2[c-]c3c(cc2)c2ccccc2n3-c2nccc3c2c2ccccc2n3-c2ccccc2)cccc1-n1[c-][n+](-c2cccc3c4ccccc4n(-c4ccccc4)c23)c2ccccc21. The number of ether oxygens (including phenoxy) is 1. The van der Waals surface area contributed by atoms with Crippen LogP contribution in [0, 0.1) is 18.5 Å². The molecule has 5 heterocycles. The van der Waals surface area contributed by atoms with Gasteiger partial charge in [-0.2, -0.15) is 18.2 Å². The topological polar surface area (TPSA) is 45.7 Å². The van der Waals surface area contributed by atoms with Crippen molar-refractivity contribution in [1.29, 1.82) is 0 Å². The summed E-state index contributed by atoms with van der Waals surface area (Å²) in [5.74, 6) is 1.96. The number of imidazole rings is 1. The first-order chi connectivity index (χ1) is 33.3. The second kappa shape index (κ2) is 15.8. The Morgan fingerprint density at radius 3 is 1.78 bits per heavy atom. The molecule has 5 aromatic heterocycles. The fourth-order valence-electron chi connectivity index (χ4n) is 10.3. The number of nitrogens with zero attached hydrogens (tertiary/aromatic N) is 6. The van der Waals surface area contributed by atoms with Crippen molar-refractivity contribution in [2.45, 2.75) is 0 Å². The van der Waals surface area contributed by atoms with E-state index in [1.807, 2.05) is 30.5 Å². The van der Waals surface area contributed by atoms with Crippen molar-refractivity contribution in [3.05, 3.63) is 237 Å². The number of para-hydroxylation sites is 8. The van der Waals surface area contributed by atoms with Gasteiger partial charge in [0.05, 0.1) is 44.2 Å². The Balaban J connectivity index is 0.00000457. The van der Waals surface area contributed by atoms with Gasteiger partial charge >= 0.3 is 0 Å². The van der Waals surface area contributed by atoms with Gasteiger partial charge in [0.15, 0.2) is 0 Å². The zero-order chi connectivity index (χ0) is 44.0. The van der Waals surface area contributed by atoms with Gasteiger partial charge in [-0.3, -0.25) is 4.57 Å². The van der Waals surface area contributed by atoms with E-state index in [1.165, 1.54) is 10.8 Å². The summed E-state index contributed by atoms with van der Waals surface area (Å²) in [6, 6.07) is 81.2. The molecule has 0 atom stereocenters. The molecule has 14 aromatic rings. The van der Waals surface area contributed by atoms with Crippen LogP contribution in [0.15, 0.2) is 219 Å². The van der Waals surface area contributed by atoms with Crippen molar-refractivity contribution >= 4 is 76.5 Å². The predicted molar refractivity (Wildman–Crippen MR) is 269 cm³/mol. The smallest absolute Gasteiger partial charge is 0.268 e. The molecule has 0 spiro atoms. The molecule has 0 unspecified atom stereocenters. The molecule has 0 aliphatic heterocycles. The van der Waals surface area contributed by atoms with Gasteiger partial charge in [0, 0.05) is 71.8 Å². The number of fused-ring (bicyclic) bond motifs is 10. The Labute approximate surface area is 404 Å². The minimum absolute atomic E-state index is 0. The number of hydrogen-bond donors (Lipinski definition) is 0. The Hall–Kier alpha value is -8.51. The van der Waals surface area contributed by atoms with Gasteiger partial charge in [0.25, 0.3) is 6.33 Å². The van der Waals surface area contributed by atoms with Crippen molar-refractivity contribution < 1.29 is 30.4 Å². The molecule has 324 valence electrons. The first kappa shape index (κ1) is 39.8. The summed E-state index contributed by atoms with van der Waals surface area (Å²) in [4.78, 5) is 5.14.